The number of aryl methyl sites for hydroxylation is 1. The van der Waals surface area contributed by atoms with Gasteiger partial charge in [-0.3, -0.25) is 9.93 Å². The van der Waals surface area contributed by atoms with E-state index in [-0.39, 0.29) is 22.4 Å². The number of hydrogen-bond donors (Lipinski definition) is 2. The van der Waals surface area contributed by atoms with Gasteiger partial charge in [0.15, 0.2) is 0 Å². The number of hydrogen-bond acceptors (Lipinski definition) is 3. The van der Waals surface area contributed by atoms with Crippen LogP contribution in [0.25, 0.3) is 0 Å². The van der Waals surface area contributed by atoms with Crippen molar-refractivity contribution in [2.24, 2.45) is 9.50 Å². The van der Waals surface area contributed by atoms with Crippen molar-refractivity contribution in [2.45, 2.75) is 75.5 Å². The number of nitrogens with zero attached hydrogens (tertiary/aromatic N) is 1. The first-order valence-electron chi connectivity index (χ1n) is 9.97. The lowest BCUT2D eigenvalue weighted by Crippen LogP contribution is -2.13. The second kappa shape index (κ2) is 8.57. The second-order valence-corrected chi connectivity index (χ2v) is 11.2. The third-order valence-electron chi connectivity index (χ3n) is 5.20. The van der Waals surface area contributed by atoms with E-state index in [1.807, 2.05) is 19.9 Å². The molecule has 3 N–H and O–H groups in total. The van der Waals surface area contributed by atoms with Gasteiger partial charge in [-0.05, 0) is 73.8 Å². The van der Waals surface area contributed by atoms with Crippen molar-refractivity contribution in [3.63, 3.8) is 0 Å². The number of nitrogens with two attached hydrogens (primary N) is 1. The number of carbonyl (C=O) groups excluding carboxylic acids is 1. The lowest BCUT2D eigenvalue weighted by atomic mass is 9.87. The Labute approximate surface area is 182 Å². The van der Waals surface area contributed by atoms with E-state index in [1.165, 1.54) is 6.07 Å². The van der Waals surface area contributed by atoms with Gasteiger partial charge in [0.2, 0.25) is 0 Å². The number of thiophene rings is 1. The van der Waals surface area contributed by atoms with Crippen LogP contribution < -0.4 is 5.14 Å². The van der Waals surface area contributed by atoms with Gasteiger partial charge < -0.3 is 5.11 Å². The summed E-state index contributed by atoms with van der Waals surface area (Å²) in [5.74, 6) is -1.08. The standard InChI is InChI=1S/C22H28F2N2O2S2/c1-11(2)19-15(14(13-6-7-13)8-12(3)20(19)24)9-18(27)26-30(25)21-16(23)10-17(29-21)22(4,5)28/h8,10-11,13,28H,6-7,9H2,1-5H3,(H2,25,26,27). The molecular weight excluding hydrogens is 426 g/mol. The molecule has 1 saturated carbocycles. The Morgan fingerprint density at radius 1 is 1.37 bits per heavy atom. The highest BCUT2D eigenvalue weighted by atomic mass is 32.2. The molecule has 4 nitrogen and oxygen atoms in total. The van der Waals surface area contributed by atoms with Gasteiger partial charge in [0, 0.05) is 15.8 Å². The van der Waals surface area contributed by atoms with E-state index in [9.17, 15) is 18.7 Å². The van der Waals surface area contributed by atoms with Crippen LogP contribution >= 0.6 is 11.3 Å². The molecule has 0 bridgehead atoms. The molecule has 1 atom stereocenters. The number of carbonyl (C=O) groups is 1. The minimum absolute atomic E-state index is 0.0530. The molecule has 2 aromatic rings. The predicted octanol–water partition coefficient (Wildman–Crippen LogP) is 5.37. The Balaban J connectivity index is 1.95. The van der Waals surface area contributed by atoms with Crippen molar-refractivity contribution in [3.05, 3.63) is 50.9 Å². The van der Waals surface area contributed by atoms with Crippen molar-refractivity contribution in [2.75, 3.05) is 0 Å². The van der Waals surface area contributed by atoms with Crippen LogP contribution in [0.1, 0.15) is 79.5 Å². The lowest BCUT2D eigenvalue weighted by Gasteiger charge is -2.19. The predicted molar refractivity (Wildman–Crippen MR) is 118 cm³/mol. The molecule has 30 heavy (non-hydrogen) atoms. The quantitative estimate of drug-likeness (QED) is 0.616. The molecule has 0 saturated heterocycles. The van der Waals surface area contributed by atoms with Crippen LogP contribution in [0.2, 0.25) is 0 Å². The van der Waals surface area contributed by atoms with Crippen molar-refractivity contribution < 1.29 is 18.7 Å². The Morgan fingerprint density at radius 2 is 2.00 bits per heavy atom. The SMILES string of the molecule is Cc1cc(C2CC2)c(CC(=O)N=S(N)c2sc(C(C)(C)O)cc2F)c(C(C)C)c1F. The van der Waals surface area contributed by atoms with Crippen LogP contribution in [0.3, 0.4) is 0 Å². The normalized spacial score (nSPS) is 15.8. The minimum atomic E-state index is -1.48. The summed E-state index contributed by atoms with van der Waals surface area (Å²) in [4.78, 5) is 13.2. The molecule has 3 rings (SSSR count). The fourth-order valence-electron chi connectivity index (χ4n) is 3.57. The van der Waals surface area contributed by atoms with Crippen LogP contribution in [0.4, 0.5) is 8.78 Å². The molecule has 1 aromatic heterocycles. The minimum Gasteiger partial charge on any atom is -0.385 e. The van der Waals surface area contributed by atoms with Gasteiger partial charge in [-0.25, -0.2) is 8.78 Å². The first kappa shape index (κ1) is 23.2. The summed E-state index contributed by atoms with van der Waals surface area (Å²) in [7, 11) is -1.48. The van der Waals surface area contributed by atoms with Gasteiger partial charge in [0.05, 0.1) is 12.0 Å². The van der Waals surface area contributed by atoms with Gasteiger partial charge in [0.25, 0.3) is 5.91 Å². The zero-order chi connectivity index (χ0) is 22.4. The summed E-state index contributed by atoms with van der Waals surface area (Å²) >= 11 is 1.01. The fraction of sp³-hybridized carbons (Fsp3) is 0.500. The average molecular weight is 455 g/mol. The van der Waals surface area contributed by atoms with Crippen molar-refractivity contribution in [1.29, 1.82) is 0 Å². The summed E-state index contributed by atoms with van der Waals surface area (Å²) in [5, 5.41) is 16.1. The summed E-state index contributed by atoms with van der Waals surface area (Å²) in [6.07, 6.45) is 2.01. The Morgan fingerprint density at radius 3 is 2.50 bits per heavy atom. The van der Waals surface area contributed by atoms with E-state index < -0.39 is 28.2 Å². The number of halogens is 2. The Bertz CT molecular complexity index is 1020. The van der Waals surface area contributed by atoms with Crippen LogP contribution in [0.5, 0.6) is 0 Å². The second-order valence-electron chi connectivity index (χ2n) is 8.70. The number of rotatable bonds is 6. The zero-order valence-corrected chi connectivity index (χ0v) is 19.5. The largest absolute Gasteiger partial charge is 0.385 e. The number of amides is 1. The zero-order valence-electron chi connectivity index (χ0n) is 17.9. The van der Waals surface area contributed by atoms with Gasteiger partial charge in [-0.1, -0.05) is 19.9 Å². The molecule has 1 unspecified atom stereocenters. The fourth-order valence-corrected chi connectivity index (χ4v) is 5.69. The highest BCUT2D eigenvalue weighted by Gasteiger charge is 2.31. The summed E-state index contributed by atoms with van der Waals surface area (Å²) in [6, 6.07) is 3.07. The van der Waals surface area contributed by atoms with Crippen LogP contribution in [0, 0.1) is 18.6 Å². The van der Waals surface area contributed by atoms with Crippen LogP contribution in [0.15, 0.2) is 20.7 Å². The molecule has 1 aliphatic carbocycles. The molecule has 0 radical (unpaired) electrons. The first-order valence-corrected chi connectivity index (χ1v) is 12.0. The Kier molecular flexibility index (Phi) is 6.63. The number of benzene rings is 1. The third-order valence-corrected chi connectivity index (χ3v) is 8.15. The Hall–Kier alpha value is -1.48. The maximum absolute atomic E-state index is 14.9. The molecule has 8 heteroatoms. The summed E-state index contributed by atoms with van der Waals surface area (Å²) in [6.45, 7) is 8.67. The van der Waals surface area contributed by atoms with E-state index in [1.54, 1.807) is 20.8 Å². The van der Waals surface area contributed by atoms with Gasteiger partial charge >= 0.3 is 0 Å². The van der Waals surface area contributed by atoms with E-state index in [0.29, 0.717) is 27.5 Å². The topological polar surface area (TPSA) is 75.7 Å². The first-order chi connectivity index (χ1) is 13.9. The van der Waals surface area contributed by atoms with E-state index in [0.717, 1.165) is 29.7 Å². The summed E-state index contributed by atoms with van der Waals surface area (Å²) < 4.78 is 33.3. The highest BCUT2D eigenvalue weighted by Crippen LogP contribution is 2.44. The molecule has 1 fully saturated rings. The molecule has 1 aliphatic rings. The maximum atomic E-state index is 14.9. The maximum Gasteiger partial charge on any atom is 0.257 e. The van der Waals surface area contributed by atoms with Gasteiger partial charge in [-0.15, -0.1) is 11.3 Å². The molecule has 1 aromatic carbocycles. The monoisotopic (exact) mass is 454 g/mol. The molecule has 164 valence electrons. The molecule has 1 heterocycles. The third kappa shape index (κ3) is 4.88. The van der Waals surface area contributed by atoms with Crippen molar-refractivity contribution in [3.8, 4) is 0 Å². The smallest absolute Gasteiger partial charge is 0.257 e. The summed E-state index contributed by atoms with van der Waals surface area (Å²) in [5.41, 5.74) is 1.66. The van der Waals surface area contributed by atoms with E-state index >= 15 is 0 Å². The van der Waals surface area contributed by atoms with Gasteiger partial charge in [-0.2, -0.15) is 4.36 Å². The van der Waals surface area contributed by atoms with Crippen LogP contribution in [-0.4, -0.2) is 11.0 Å². The van der Waals surface area contributed by atoms with Crippen LogP contribution in [-0.2, 0) is 27.7 Å². The molecule has 0 spiro atoms. The lowest BCUT2D eigenvalue weighted by molar-refractivity contribution is -0.117. The highest BCUT2D eigenvalue weighted by molar-refractivity contribution is 7.87. The molecule has 0 aliphatic heterocycles. The van der Waals surface area contributed by atoms with Crippen molar-refractivity contribution >= 4 is 28.1 Å². The van der Waals surface area contributed by atoms with E-state index in [4.69, 9.17) is 5.14 Å². The van der Waals surface area contributed by atoms with Gasteiger partial charge in [0.1, 0.15) is 15.8 Å². The average Bonchev–Trinajstić information content (AvgIpc) is 3.37. The molecule has 1 amide bonds. The van der Waals surface area contributed by atoms with Crippen molar-refractivity contribution in [1.82, 2.24) is 0 Å². The number of aliphatic hydroxyl groups is 1. The molecular formula is C22H28F2N2O2S2. The van der Waals surface area contributed by atoms with E-state index in [2.05, 4.69) is 4.36 Å².